The van der Waals surface area contributed by atoms with Gasteiger partial charge in [-0.3, -0.25) is 0 Å². The first-order chi connectivity index (χ1) is 11.2. The van der Waals surface area contributed by atoms with Gasteiger partial charge in [-0.1, -0.05) is 12.1 Å². The van der Waals surface area contributed by atoms with E-state index in [0.717, 1.165) is 36.0 Å². The van der Waals surface area contributed by atoms with Gasteiger partial charge in [0, 0.05) is 23.6 Å². The summed E-state index contributed by atoms with van der Waals surface area (Å²) in [7, 11) is 0. The Labute approximate surface area is 133 Å². The second kappa shape index (κ2) is 5.78. The summed E-state index contributed by atoms with van der Waals surface area (Å²) in [4.78, 5) is 3.22. The van der Waals surface area contributed by atoms with Gasteiger partial charge in [-0.25, -0.2) is 8.78 Å². The fourth-order valence-electron chi connectivity index (χ4n) is 3.28. The van der Waals surface area contributed by atoms with Gasteiger partial charge >= 0.3 is 0 Å². The van der Waals surface area contributed by atoms with Gasteiger partial charge in [0.2, 0.25) is 0 Å². The molecule has 118 valence electrons. The van der Waals surface area contributed by atoms with Crippen LogP contribution < -0.4 is 5.32 Å². The van der Waals surface area contributed by atoms with E-state index in [9.17, 15) is 8.78 Å². The summed E-state index contributed by atoms with van der Waals surface area (Å²) in [6, 6.07) is 11.5. The van der Waals surface area contributed by atoms with E-state index in [1.807, 2.05) is 6.20 Å². The highest BCUT2D eigenvalue weighted by Gasteiger charge is 2.39. The molecule has 1 saturated carbocycles. The fourth-order valence-corrected chi connectivity index (χ4v) is 3.28. The lowest BCUT2D eigenvalue weighted by atomic mass is 10.1. The SMILES string of the molecule is Fc1ccc(CNCC2CC2c2c[nH]c3ccc(F)cc23)cc1. The molecule has 0 saturated heterocycles. The number of aromatic nitrogens is 1. The van der Waals surface area contributed by atoms with Crippen LogP contribution in [0.4, 0.5) is 8.78 Å². The lowest BCUT2D eigenvalue weighted by Crippen LogP contribution is -2.16. The highest BCUT2D eigenvalue weighted by atomic mass is 19.1. The van der Waals surface area contributed by atoms with Crippen LogP contribution in [0.25, 0.3) is 10.9 Å². The second-order valence-electron chi connectivity index (χ2n) is 6.29. The predicted molar refractivity (Wildman–Crippen MR) is 87.2 cm³/mol. The number of hydrogen-bond donors (Lipinski definition) is 2. The molecule has 2 N–H and O–H groups in total. The summed E-state index contributed by atoms with van der Waals surface area (Å²) in [5, 5.41) is 4.42. The molecule has 0 amide bonds. The van der Waals surface area contributed by atoms with E-state index in [4.69, 9.17) is 0 Å². The van der Waals surface area contributed by atoms with Crippen molar-refractivity contribution in [1.29, 1.82) is 0 Å². The van der Waals surface area contributed by atoms with E-state index < -0.39 is 0 Å². The molecule has 0 radical (unpaired) electrons. The number of benzene rings is 2. The zero-order valence-corrected chi connectivity index (χ0v) is 12.7. The Balaban J connectivity index is 1.36. The van der Waals surface area contributed by atoms with Crippen molar-refractivity contribution in [2.75, 3.05) is 6.54 Å². The Hall–Kier alpha value is -2.20. The van der Waals surface area contributed by atoms with Crippen LogP contribution in [0.15, 0.2) is 48.7 Å². The molecule has 1 aromatic heterocycles. The van der Waals surface area contributed by atoms with Crippen molar-refractivity contribution in [2.45, 2.75) is 18.9 Å². The van der Waals surface area contributed by atoms with Gasteiger partial charge in [0.1, 0.15) is 11.6 Å². The molecule has 1 aliphatic carbocycles. The standard InChI is InChI=1S/C19H18F2N2/c20-14-3-1-12(2-4-14)9-22-10-13-7-16(13)18-11-23-19-6-5-15(21)8-17(18)19/h1-6,8,11,13,16,22-23H,7,9-10H2. The molecule has 2 atom stereocenters. The van der Waals surface area contributed by atoms with Crippen molar-refractivity contribution >= 4 is 10.9 Å². The van der Waals surface area contributed by atoms with E-state index in [2.05, 4.69) is 10.3 Å². The van der Waals surface area contributed by atoms with Crippen LogP contribution in [-0.4, -0.2) is 11.5 Å². The summed E-state index contributed by atoms with van der Waals surface area (Å²) in [6.07, 6.45) is 3.13. The molecule has 0 bridgehead atoms. The number of nitrogens with one attached hydrogen (secondary N) is 2. The van der Waals surface area contributed by atoms with Crippen molar-refractivity contribution in [3.05, 3.63) is 71.4 Å². The van der Waals surface area contributed by atoms with E-state index in [1.54, 1.807) is 24.3 Å². The summed E-state index contributed by atoms with van der Waals surface area (Å²) in [6.45, 7) is 1.66. The maximum atomic E-state index is 13.4. The number of H-pyrrole nitrogens is 1. The molecular formula is C19H18F2N2. The lowest BCUT2D eigenvalue weighted by Gasteiger charge is -2.04. The van der Waals surface area contributed by atoms with Crippen molar-refractivity contribution < 1.29 is 8.78 Å². The van der Waals surface area contributed by atoms with Gasteiger partial charge in [-0.15, -0.1) is 0 Å². The normalized spacial score (nSPS) is 20.1. The Morgan fingerprint density at radius 2 is 1.83 bits per heavy atom. The van der Waals surface area contributed by atoms with E-state index >= 15 is 0 Å². The van der Waals surface area contributed by atoms with Crippen LogP contribution in [0.3, 0.4) is 0 Å². The average Bonchev–Trinajstić information content (AvgIpc) is 3.19. The third-order valence-corrected chi connectivity index (χ3v) is 4.65. The summed E-state index contributed by atoms with van der Waals surface area (Å²) in [5.74, 6) is 0.677. The summed E-state index contributed by atoms with van der Waals surface area (Å²) >= 11 is 0. The largest absolute Gasteiger partial charge is 0.361 e. The minimum absolute atomic E-state index is 0.190. The Morgan fingerprint density at radius 3 is 2.65 bits per heavy atom. The lowest BCUT2D eigenvalue weighted by molar-refractivity contribution is 0.616. The summed E-state index contributed by atoms with van der Waals surface area (Å²) in [5.41, 5.74) is 3.29. The molecule has 23 heavy (non-hydrogen) atoms. The van der Waals surface area contributed by atoms with Gasteiger partial charge in [0.25, 0.3) is 0 Å². The molecule has 0 spiro atoms. The van der Waals surface area contributed by atoms with Crippen LogP contribution in [0.1, 0.15) is 23.5 Å². The molecular weight excluding hydrogens is 294 g/mol. The van der Waals surface area contributed by atoms with Gasteiger partial charge in [-0.2, -0.15) is 0 Å². The van der Waals surface area contributed by atoms with Crippen LogP contribution in [0, 0.1) is 17.6 Å². The maximum Gasteiger partial charge on any atom is 0.123 e. The third kappa shape index (κ3) is 2.99. The molecule has 1 aliphatic rings. The van der Waals surface area contributed by atoms with E-state index in [1.165, 1.54) is 23.8 Å². The van der Waals surface area contributed by atoms with Crippen molar-refractivity contribution in [1.82, 2.24) is 10.3 Å². The Morgan fingerprint density at radius 1 is 1.04 bits per heavy atom. The van der Waals surface area contributed by atoms with Gasteiger partial charge in [0.05, 0.1) is 0 Å². The minimum Gasteiger partial charge on any atom is -0.361 e. The smallest absolute Gasteiger partial charge is 0.123 e. The van der Waals surface area contributed by atoms with Gasteiger partial charge in [0.15, 0.2) is 0 Å². The fraction of sp³-hybridized carbons (Fsp3) is 0.263. The quantitative estimate of drug-likeness (QED) is 0.720. The average molecular weight is 312 g/mol. The first kappa shape index (κ1) is 14.4. The number of rotatable bonds is 5. The molecule has 1 heterocycles. The second-order valence-corrected chi connectivity index (χ2v) is 6.29. The molecule has 3 aromatic rings. The highest BCUT2D eigenvalue weighted by Crippen LogP contribution is 2.49. The van der Waals surface area contributed by atoms with Gasteiger partial charge < -0.3 is 10.3 Å². The molecule has 2 unspecified atom stereocenters. The van der Waals surface area contributed by atoms with Crippen molar-refractivity contribution in [2.24, 2.45) is 5.92 Å². The molecule has 2 aromatic carbocycles. The van der Waals surface area contributed by atoms with Gasteiger partial charge in [-0.05, 0) is 66.3 Å². The zero-order chi connectivity index (χ0) is 15.8. The van der Waals surface area contributed by atoms with Crippen LogP contribution >= 0.6 is 0 Å². The van der Waals surface area contributed by atoms with Crippen molar-refractivity contribution in [3.8, 4) is 0 Å². The zero-order valence-electron chi connectivity index (χ0n) is 12.7. The van der Waals surface area contributed by atoms with E-state index in [-0.39, 0.29) is 11.6 Å². The predicted octanol–water partition coefficient (Wildman–Crippen LogP) is 4.34. The monoisotopic (exact) mass is 312 g/mol. The molecule has 0 aliphatic heterocycles. The first-order valence-corrected chi connectivity index (χ1v) is 7.92. The molecule has 4 heteroatoms. The van der Waals surface area contributed by atoms with Crippen LogP contribution in [-0.2, 0) is 6.54 Å². The van der Waals surface area contributed by atoms with Crippen LogP contribution in [0.5, 0.6) is 0 Å². The third-order valence-electron chi connectivity index (χ3n) is 4.65. The first-order valence-electron chi connectivity index (χ1n) is 7.92. The number of halogens is 2. The number of hydrogen-bond acceptors (Lipinski definition) is 1. The number of fused-ring (bicyclic) bond motifs is 1. The molecule has 1 fully saturated rings. The summed E-state index contributed by atoms with van der Waals surface area (Å²) < 4.78 is 26.3. The van der Waals surface area contributed by atoms with E-state index in [0.29, 0.717) is 11.8 Å². The minimum atomic E-state index is -0.206. The Bertz CT molecular complexity index is 823. The molecule has 2 nitrogen and oxygen atoms in total. The molecule has 4 rings (SSSR count). The highest BCUT2D eigenvalue weighted by molar-refractivity contribution is 5.84. The van der Waals surface area contributed by atoms with Crippen LogP contribution in [0.2, 0.25) is 0 Å². The van der Waals surface area contributed by atoms with Crippen molar-refractivity contribution in [3.63, 3.8) is 0 Å². The Kier molecular flexibility index (Phi) is 3.62. The number of aromatic amines is 1. The topological polar surface area (TPSA) is 27.8 Å². The maximum absolute atomic E-state index is 13.4.